The van der Waals surface area contributed by atoms with Gasteiger partial charge >= 0.3 is 0 Å². The van der Waals surface area contributed by atoms with Crippen LogP contribution in [-0.4, -0.2) is 38.0 Å². The van der Waals surface area contributed by atoms with Gasteiger partial charge in [-0.2, -0.15) is 0 Å². The second-order valence-corrected chi connectivity index (χ2v) is 3.61. The predicted octanol–water partition coefficient (Wildman–Crippen LogP) is -0.422. The van der Waals surface area contributed by atoms with Gasteiger partial charge in [-0.25, -0.2) is 4.68 Å². The molecule has 0 unspecified atom stereocenters. The summed E-state index contributed by atoms with van der Waals surface area (Å²) in [5.74, 6) is -0.181. The van der Waals surface area contributed by atoms with Crippen molar-refractivity contribution in [1.82, 2.24) is 25.3 Å². The molecule has 18 heavy (non-hydrogen) atoms. The third-order valence-corrected chi connectivity index (χ3v) is 2.48. The van der Waals surface area contributed by atoms with Crippen molar-refractivity contribution in [2.24, 2.45) is 0 Å². The molecule has 2 aromatic rings. The summed E-state index contributed by atoms with van der Waals surface area (Å²) in [5, 5.41) is 19.5. The van der Waals surface area contributed by atoms with Crippen molar-refractivity contribution in [2.75, 3.05) is 7.05 Å². The Kier molecular flexibility index (Phi) is 3.63. The number of aliphatic hydroxyl groups is 1. The number of nitrogens with one attached hydrogen (secondary N) is 1. The summed E-state index contributed by atoms with van der Waals surface area (Å²) in [6.07, 6.45) is 3.27. The summed E-state index contributed by atoms with van der Waals surface area (Å²) in [6, 6.07) is 3.55. The Bertz CT molecular complexity index is 538. The van der Waals surface area contributed by atoms with Crippen molar-refractivity contribution in [3.8, 4) is 11.3 Å². The Hall–Kier alpha value is -2.28. The molecule has 2 heterocycles. The molecule has 0 spiro atoms. The maximum atomic E-state index is 11.4. The predicted molar refractivity (Wildman–Crippen MR) is 63.2 cm³/mol. The van der Waals surface area contributed by atoms with Gasteiger partial charge in [0, 0.05) is 25.0 Å². The molecule has 0 aliphatic heterocycles. The Balaban J connectivity index is 2.43. The van der Waals surface area contributed by atoms with Crippen LogP contribution in [0.4, 0.5) is 0 Å². The quantitative estimate of drug-likeness (QED) is 0.765. The van der Waals surface area contributed by atoms with E-state index in [0.29, 0.717) is 11.4 Å². The molecule has 1 amide bonds. The number of aromatic nitrogens is 4. The third-order valence-electron chi connectivity index (χ3n) is 2.48. The van der Waals surface area contributed by atoms with Crippen molar-refractivity contribution >= 4 is 5.91 Å². The van der Waals surface area contributed by atoms with Gasteiger partial charge < -0.3 is 10.4 Å². The topological polar surface area (TPSA) is 92.9 Å². The van der Waals surface area contributed by atoms with Crippen LogP contribution in [0.25, 0.3) is 11.3 Å². The van der Waals surface area contributed by atoms with Gasteiger partial charge in [-0.05, 0) is 12.1 Å². The van der Waals surface area contributed by atoms with E-state index >= 15 is 0 Å². The largest absolute Gasteiger partial charge is 0.390 e. The van der Waals surface area contributed by atoms with Crippen LogP contribution >= 0.6 is 0 Å². The van der Waals surface area contributed by atoms with E-state index in [1.165, 1.54) is 4.68 Å². The van der Waals surface area contributed by atoms with Gasteiger partial charge in [0.05, 0.1) is 12.3 Å². The minimum absolute atomic E-state index is 0.0567. The summed E-state index contributed by atoms with van der Waals surface area (Å²) in [4.78, 5) is 15.3. The average Bonchev–Trinajstić information content (AvgIpc) is 2.82. The van der Waals surface area contributed by atoms with Crippen LogP contribution in [-0.2, 0) is 17.9 Å². The number of hydrogen-bond donors (Lipinski definition) is 2. The Morgan fingerprint density at radius 2 is 2.17 bits per heavy atom. The fourth-order valence-electron chi connectivity index (χ4n) is 1.61. The van der Waals surface area contributed by atoms with E-state index in [4.69, 9.17) is 0 Å². The molecule has 0 saturated carbocycles. The molecule has 94 valence electrons. The maximum absolute atomic E-state index is 11.4. The first kappa shape index (κ1) is 12.2. The standard InChI is InChI=1S/C11H13N5O2/c1-12-10(18)6-16-11(9(7-17)14-15-16)8-2-4-13-5-3-8/h2-5,17H,6-7H2,1H3,(H,12,18). The molecule has 0 atom stereocenters. The number of carbonyl (C=O) groups excluding carboxylic acids is 1. The minimum Gasteiger partial charge on any atom is -0.390 e. The molecule has 2 aromatic heterocycles. The molecule has 0 fully saturated rings. The first-order valence-electron chi connectivity index (χ1n) is 5.40. The van der Waals surface area contributed by atoms with Gasteiger partial charge in [0.1, 0.15) is 12.2 Å². The molecular formula is C11H13N5O2. The number of hydrogen-bond acceptors (Lipinski definition) is 5. The minimum atomic E-state index is -0.231. The molecule has 2 rings (SSSR count). The molecular weight excluding hydrogens is 234 g/mol. The first-order chi connectivity index (χ1) is 8.76. The lowest BCUT2D eigenvalue weighted by Gasteiger charge is -2.06. The zero-order chi connectivity index (χ0) is 13.0. The van der Waals surface area contributed by atoms with Gasteiger partial charge in [0.15, 0.2) is 0 Å². The number of rotatable bonds is 4. The van der Waals surface area contributed by atoms with Crippen molar-refractivity contribution in [3.63, 3.8) is 0 Å². The third kappa shape index (κ3) is 2.35. The monoisotopic (exact) mass is 247 g/mol. The number of carbonyl (C=O) groups is 1. The van der Waals surface area contributed by atoms with E-state index in [0.717, 1.165) is 5.56 Å². The Morgan fingerprint density at radius 3 is 2.78 bits per heavy atom. The van der Waals surface area contributed by atoms with Gasteiger partial charge in [-0.3, -0.25) is 9.78 Å². The number of likely N-dealkylation sites (N-methyl/N-ethyl adjacent to an activating group) is 1. The molecule has 2 N–H and O–H groups in total. The molecule has 0 aromatic carbocycles. The summed E-state index contributed by atoms with van der Waals surface area (Å²) in [6.45, 7) is -0.174. The molecule has 7 nitrogen and oxygen atoms in total. The lowest BCUT2D eigenvalue weighted by Crippen LogP contribution is -2.24. The van der Waals surface area contributed by atoms with Crippen LogP contribution < -0.4 is 5.32 Å². The number of amides is 1. The van der Waals surface area contributed by atoms with E-state index < -0.39 is 0 Å². The van der Waals surface area contributed by atoms with Crippen molar-refractivity contribution in [2.45, 2.75) is 13.2 Å². The van der Waals surface area contributed by atoms with E-state index in [2.05, 4.69) is 20.6 Å². The van der Waals surface area contributed by atoms with Crippen LogP contribution in [0, 0.1) is 0 Å². The smallest absolute Gasteiger partial charge is 0.241 e. The van der Waals surface area contributed by atoms with E-state index in [1.807, 2.05) is 0 Å². The van der Waals surface area contributed by atoms with Crippen LogP contribution in [0.3, 0.4) is 0 Å². The number of pyridine rings is 1. The highest BCUT2D eigenvalue weighted by atomic mass is 16.3. The van der Waals surface area contributed by atoms with Gasteiger partial charge in [-0.1, -0.05) is 5.21 Å². The lowest BCUT2D eigenvalue weighted by atomic mass is 10.1. The highest BCUT2D eigenvalue weighted by Gasteiger charge is 2.15. The zero-order valence-corrected chi connectivity index (χ0v) is 9.87. The molecule has 0 aliphatic carbocycles. The number of aliphatic hydroxyl groups excluding tert-OH is 1. The molecule has 0 bridgehead atoms. The lowest BCUT2D eigenvalue weighted by molar-refractivity contribution is -0.121. The molecule has 0 radical (unpaired) electrons. The van der Waals surface area contributed by atoms with E-state index in [9.17, 15) is 9.90 Å². The molecule has 7 heteroatoms. The fraction of sp³-hybridized carbons (Fsp3) is 0.273. The van der Waals surface area contributed by atoms with Crippen LogP contribution in [0.2, 0.25) is 0 Å². The van der Waals surface area contributed by atoms with Gasteiger partial charge in [-0.15, -0.1) is 5.10 Å². The zero-order valence-electron chi connectivity index (χ0n) is 9.87. The Morgan fingerprint density at radius 1 is 1.44 bits per heavy atom. The SMILES string of the molecule is CNC(=O)Cn1nnc(CO)c1-c1ccncc1. The summed E-state index contributed by atoms with van der Waals surface area (Å²) < 4.78 is 1.46. The van der Waals surface area contributed by atoms with E-state index in [1.54, 1.807) is 31.6 Å². The van der Waals surface area contributed by atoms with Crippen LogP contribution in [0.1, 0.15) is 5.69 Å². The van der Waals surface area contributed by atoms with Gasteiger partial charge in [0.25, 0.3) is 0 Å². The Labute approximate surface area is 103 Å². The van der Waals surface area contributed by atoms with Crippen LogP contribution in [0.5, 0.6) is 0 Å². The highest BCUT2D eigenvalue weighted by Crippen LogP contribution is 2.21. The van der Waals surface area contributed by atoms with Gasteiger partial charge in [0.2, 0.25) is 5.91 Å². The molecule has 0 saturated heterocycles. The first-order valence-corrected chi connectivity index (χ1v) is 5.40. The summed E-state index contributed by atoms with van der Waals surface area (Å²) in [7, 11) is 1.55. The highest BCUT2D eigenvalue weighted by molar-refractivity contribution is 5.76. The van der Waals surface area contributed by atoms with Crippen LogP contribution in [0.15, 0.2) is 24.5 Å². The molecule has 0 aliphatic rings. The number of nitrogens with zero attached hydrogens (tertiary/aromatic N) is 4. The fourth-order valence-corrected chi connectivity index (χ4v) is 1.61. The second kappa shape index (κ2) is 5.37. The second-order valence-electron chi connectivity index (χ2n) is 3.61. The average molecular weight is 247 g/mol. The maximum Gasteiger partial charge on any atom is 0.241 e. The summed E-state index contributed by atoms with van der Waals surface area (Å²) >= 11 is 0. The van der Waals surface area contributed by atoms with Crippen molar-refractivity contribution in [1.29, 1.82) is 0 Å². The van der Waals surface area contributed by atoms with Crippen molar-refractivity contribution in [3.05, 3.63) is 30.2 Å². The summed E-state index contributed by atoms with van der Waals surface area (Å²) in [5.41, 5.74) is 1.87. The van der Waals surface area contributed by atoms with E-state index in [-0.39, 0.29) is 19.1 Å². The normalized spacial score (nSPS) is 10.3. The van der Waals surface area contributed by atoms with Crippen molar-refractivity contribution < 1.29 is 9.90 Å².